The molecule has 3 rings (SSSR count). The number of rotatable bonds is 3. The minimum atomic E-state index is -0.506. The summed E-state index contributed by atoms with van der Waals surface area (Å²) in [6, 6.07) is 0.540. The molecule has 4 heteroatoms. The summed E-state index contributed by atoms with van der Waals surface area (Å²) in [5.74, 6) is 0.842. The van der Waals surface area contributed by atoms with E-state index in [1.54, 1.807) is 0 Å². The van der Waals surface area contributed by atoms with E-state index in [2.05, 4.69) is 31.0 Å². The summed E-state index contributed by atoms with van der Waals surface area (Å²) in [7, 11) is 0. The van der Waals surface area contributed by atoms with E-state index in [1.165, 1.54) is 5.92 Å². The summed E-state index contributed by atoms with van der Waals surface area (Å²) in [4.78, 5) is 11.0. The molecule has 0 amide bonds. The average molecular weight is 278 g/mol. The molecule has 1 spiro atoms. The molecule has 0 bridgehead atoms. The Kier molecular flexibility index (Phi) is 4.37. The van der Waals surface area contributed by atoms with Crippen LogP contribution in [0.15, 0.2) is 0 Å². The molecule has 1 aliphatic heterocycles. The van der Waals surface area contributed by atoms with E-state index in [9.17, 15) is 0 Å². The Balaban J connectivity index is 1.40. The number of hydrogen-bond acceptors (Lipinski definition) is 4. The Labute approximate surface area is 122 Å². The summed E-state index contributed by atoms with van der Waals surface area (Å²) < 4.78 is 5.95. The molecule has 0 aromatic heterocycles. The van der Waals surface area contributed by atoms with Gasteiger partial charge in [-0.05, 0) is 58.3 Å². The number of nitrogens with one attached hydrogen (secondary N) is 1. The van der Waals surface area contributed by atoms with Crippen molar-refractivity contribution >= 4 is 0 Å². The van der Waals surface area contributed by atoms with Crippen LogP contribution in [0.3, 0.4) is 0 Å². The Morgan fingerprint density at radius 3 is 2.45 bits per heavy atom. The predicted molar refractivity (Wildman–Crippen MR) is 75.6 cm³/mol. The van der Waals surface area contributed by atoms with Gasteiger partial charge >= 0.3 is 0 Å². The van der Waals surface area contributed by atoms with Crippen LogP contribution in [0.25, 0.3) is 0 Å². The second-order valence-corrected chi connectivity index (χ2v) is 6.57. The first-order chi connectivity index (χ1) is 9.57. The van der Waals surface area contributed by atoms with Gasteiger partial charge in [0.15, 0.2) is 0 Å². The molecular formula is C16H24NO3. The van der Waals surface area contributed by atoms with Crippen LogP contribution in [0.1, 0.15) is 39.5 Å². The van der Waals surface area contributed by atoms with Gasteiger partial charge in [0.1, 0.15) is 5.60 Å². The third-order valence-electron chi connectivity index (χ3n) is 4.18. The van der Waals surface area contributed by atoms with Crippen LogP contribution in [-0.2, 0) is 14.5 Å². The summed E-state index contributed by atoms with van der Waals surface area (Å²) in [6.45, 7) is 5.49. The molecular weight excluding hydrogens is 254 g/mol. The van der Waals surface area contributed by atoms with Gasteiger partial charge in [0, 0.05) is 25.4 Å². The normalized spacial score (nSPS) is 38.4. The first kappa shape index (κ1) is 14.8. The Hall–Kier alpha value is -0.160. The van der Waals surface area contributed by atoms with E-state index >= 15 is 0 Å². The molecule has 0 unspecified atom stereocenters. The molecule has 20 heavy (non-hydrogen) atoms. The van der Waals surface area contributed by atoms with Gasteiger partial charge in [-0.25, -0.2) is 9.78 Å². The minimum Gasteiger partial charge on any atom is -0.344 e. The van der Waals surface area contributed by atoms with Crippen LogP contribution in [0.4, 0.5) is 0 Å². The van der Waals surface area contributed by atoms with Crippen molar-refractivity contribution in [2.24, 2.45) is 0 Å². The first-order valence-corrected chi connectivity index (χ1v) is 7.52. The SMILES string of the molecule is CC1(C)COC2(CCC(NC[C]3[CH][CH][CH][CH]3)CC2)OO1. The van der Waals surface area contributed by atoms with Gasteiger partial charge in [-0.1, -0.05) is 0 Å². The predicted octanol–water partition coefficient (Wildman–Crippen LogP) is 2.38. The lowest BCUT2D eigenvalue weighted by Crippen LogP contribution is -2.52. The Morgan fingerprint density at radius 1 is 1.15 bits per heavy atom. The van der Waals surface area contributed by atoms with Crippen molar-refractivity contribution in [2.75, 3.05) is 13.2 Å². The first-order valence-electron chi connectivity index (χ1n) is 7.52. The molecule has 2 saturated carbocycles. The zero-order chi connectivity index (χ0) is 14.1. The second-order valence-electron chi connectivity index (χ2n) is 6.57. The van der Waals surface area contributed by atoms with E-state index in [1.807, 2.05) is 13.8 Å². The lowest BCUT2D eigenvalue weighted by Gasteiger charge is -2.45. The molecule has 1 saturated heterocycles. The van der Waals surface area contributed by atoms with Crippen LogP contribution in [0.5, 0.6) is 0 Å². The molecule has 5 radical (unpaired) electrons. The zero-order valence-corrected chi connectivity index (χ0v) is 12.4. The summed E-state index contributed by atoms with van der Waals surface area (Å²) in [5, 5.41) is 3.61. The molecule has 0 aromatic rings. The minimum absolute atomic E-state index is 0.335. The van der Waals surface area contributed by atoms with Crippen molar-refractivity contribution in [1.29, 1.82) is 0 Å². The molecule has 0 atom stereocenters. The molecule has 0 aromatic carbocycles. The topological polar surface area (TPSA) is 39.7 Å². The zero-order valence-electron chi connectivity index (χ0n) is 12.4. The van der Waals surface area contributed by atoms with Crippen molar-refractivity contribution in [3.05, 3.63) is 31.6 Å². The lowest BCUT2D eigenvalue weighted by molar-refractivity contribution is -0.511. The molecule has 1 N–H and O–H groups in total. The highest BCUT2D eigenvalue weighted by Crippen LogP contribution is 2.38. The molecule has 111 valence electrons. The highest BCUT2D eigenvalue weighted by molar-refractivity contribution is 5.36. The number of ether oxygens (including phenoxy) is 1. The van der Waals surface area contributed by atoms with E-state index < -0.39 is 5.79 Å². The highest BCUT2D eigenvalue weighted by atomic mass is 17.2. The third-order valence-corrected chi connectivity index (χ3v) is 4.18. The fraction of sp³-hybridized carbons (Fsp3) is 0.688. The van der Waals surface area contributed by atoms with Crippen LogP contribution < -0.4 is 5.32 Å². The lowest BCUT2D eigenvalue weighted by atomic mass is 9.89. The van der Waals surface area contributed by atoms with Crippen LogP contribution in [-0.4, -0.2) is 30.6 Å². The van der Waals surface area contributed by atoms with Gasteiger partial charge in [0.05, 0.1) is 6.61 Å². The summed E-state index contributed by atoms with van der Waals surface area (Å²) in [6.07, 6.45) is 12.4. The maximum atomic E-state index is 5.95. The largest absolute Gasteiger partial charge is 0.344 e. The Bertz CT molecular complexity index is 306. The van der Waals surface area contributed by atoms with Gasteiger partial charge in [-0.3, -0.25) is 0 Å². The average Bonchev–Trinajstić information content (AvgIpc) is 2.95. The van der Waals surface area contributed by atoms with Gasteiger partial charge in [0.2, 0.25) is 5.79 Å². The van der Waals surface area contributed by atoms with Crippen LogP contribution >= 0.6 is 0 Å². The van der Waals surface area contributed by atoms with Gasteiger partial charge in [-0.2, -0.15) is 0 Å². The third kappa shape index (κ3) is 3.53. The number of hydrogen-bond donors (Lipinski definition) is 1. The van der Waals surface area contributed by atoms with Crippen molar-refractivity contribution in [3.8, 4) is 0 Å². The molecule has 3 fully saturated rings. The summed E-state index contributed by atoms with van der Waals surface area (Å²) in [5.41, 5.74) is -0.335. The maximum absolute atomic E-state index is 5.95. The van der Waals surface area contributed by atoms with E-state index in [-0.39, 0.29) is 5.60 Å². The van der Waals surface area contributed by atoms with Crippen LogP contribution in [0, 0.1) is 31.6 Å². The second kappa shape index (κ2) is 5.91. The van der Waals surface area contributed by atoms with E-state index in [0.717, 1.165) is 32.2 Å². The monoisotopic (exact) mass is 278 g/mol. The summed E-state index contributed by atoms with van der Waals surface area (Å²) >= 11 is 0. The quantitative estimate of drug-likeness (QED) is 0.805. The van der Waals surface area contributed by atoms with Crippen molar-refractivity contribution in [2.45, 2.75) is 57.0 Å². The van der Waals surface area contributed by atoms with Crippen molar-refractivity contribution < 1.29 is 14.5 Å². The Morgan fingerprint density at radius 2 is 1.85 bits per heavy atom. The molecule has 3 aliphatic rings. The maximum Gasteiger partial charge on any atom is 0.201 e. The van der Waals surface area contributed by atoms with Crippen molar-refractivity contribution in [1.82, 2.24) is 5.32 Å². The molecule has 1 heterocycles. The standard InChI is InChI=1S/C16H24NO3/c1-15(2)12-18-16(20-19-15)9-7-14(8-10-16)17-11-13-5-3-4-6-13/h3-6,14,17H,7-12H2,1-2H3. The van der Waals surface area contributed by atoms with E-state index in [4.69, 9.17) is 14.5 Å². The smallest absolute Gasteiger partial charge is 0.201 e. The van der Waals surface area contributed by atoms with Gasteiger partial charge in [0.25, 0.3) is 0 Å². The fourth-order valence-electron chi connectivity index (χ4n) is 2.83. The fourth-order valence-corrected chi connectivity index (χ4v) is 2.83. The highest BCUT2D eigenvalue weighted by Gasteiger charge is 2.44. The van der Waals surface area contributed by atoms with Gasteiger partial charge in [-0.15, -0.1) is 0 Å². The van der Waals surface area contributed by atoms with Crippen molar-refractivity contribution in [3.63, 3.8) is 0 Å². The molecule has 2 aliphatic carbocycles. The molecule has 4 nitrogen and oxygen atoms in total. The van der Waals surface area contributed by atoms with E-state index in [0.29, 0.717) is 12.6 Å². The van der Waals surface area contributed by atoms with Crippen LogP contribution in [0.2, 0.25) is 0 Å². The van der Waals surface area contributed by atoms with Gasteiger partial charge < -0.3 is 10.1 Å².